The molecule has 1 aromatic carbocycles. The fraction of sp³-hybridized carbons (Fsp3) is 0.529. The molecule has 120 valence electrons. The summed E-state index contributed by atoms with van der Waals surface area (Å²) in [5.41, 5.74) is 3.34. The Balaban J connectivity index is 2.14. The first-order chi connectivity index (χ1) is 10.5. The summed E-state index contributed by atoms with van der Waals surface area (Å²) < 4.78 is 5.53. The largest absolute Gasteiger partial charge is 0.493 e. The molecule has 0 atom stereocenters. The summed E-state index contributed by atoms with van der Waals surface area (Å²) in [6.45, 7) is 9.38. The lowest BCUT2D eigenvalue weighted by molar-refractivity contribution is 0.0864. The second kappa shape index (κ2) is 6.81. The van der Waals surface area contributed by atoms with Crippen LogP contribution in [0.5, 0.6) is 5.75 Å². The zero-order chi connectivity index (χ0) is 16.2. The molecule has 0 saturated carbocycles. The van der Waals surface area contributed by atoms with Crippen molar-refractivity contribution in [1.82, 2.24) is 10.4 Å². The monoisotopic (exact) mass is 303 g/mol. The van der Waals surface area contributed by atoms with Gasteiger partial charge in [0, 0.05) is 6.42 Å². The van der Waals surface area contributed by atoms with Crippen molar-refractivity contribution in [3.8, 4) is 5.75 Å². The van der Waals surface area contributed by atoms with Crippen molar-refractivity contribution in [1.29, 1.82) is 0 Å². The molecule has 0 aliphatic carbocycles. The van der Waals surface area contributed by atoms with E-state index in [0.29, 0.717) is 24.5 Å². The lowest BCUT2D eigenvalue weighted by Crippen LogP contribution is -2.46. The van der Waals surface area contributed by atoms with Gasteiger partial charge in [0.15, 0.2) is 0 Å². The Morgan fingerprint density at radius 1 is 1.36 bits per heavy atom. The minimum absolute atomic E-state index is 0.162. The molecule has 0 unspecified atom stereocenters. The van der Waals surface area contributed by atoms with Crippen LogP contribution in [-0.2, 0) is 0 Å². The van der Waals surface area contributed by atoms with Crippen LogP contribution in [0.3, 0.4) is 0 Å². The quantitative estimate of drug-likeness (QED) is 0.879. The zero-order valence-corrected chi connectivity index (χ0v) is 13.8. The topological polar surface area (TPSA) is 53.9 Å². The number of hydrogen-bond acceptors (Lipinski definition) is 4. The van der Waals surface area contributed by atoms with Crippen LogP contribution < -0.4 is 10.2 Å². The van der Waals surface area contributed by atoms with E-state index in [-0.39, 0.29) is 11.4 Å². The minimum Gasteiger partial charge on any atom is -0.493 e. The molecule has 0 radical (unpaired) electrons. The Bertz CT molecular complexity index is 567. The summed E-state index contributed by atoms with van der Waals surface area (Å²) in [5, 5.41) is 1.87. The number of hydrazine groups is 1. The van der Waals surface area contributed by atoms with Gasteiger partial charge in [-0.1, -0.05) is 19.1 Å². The maximum atomic E-state index is 12.6. The van der Waals surface area contributed by atoms with Crippen molar-refractivity contribution in [3.63, 3.8) is 0 Å². The van der Waals surface area contributed by atoms with Gasteiger partial charge in [-0.05, 0) is 39.3 Å². The number of hydrogen-bond donors (Lipinski definition) is 1. The fourth-order valence-electron chi connectivity index (χ4n) is 2.56. The van der Waals surface area contributed by atoms with Crippen LogP contribution in [0.15, 0.2) is 29.3 Å². The van der Waals surface area contributed by atoms with Crippen LogP contribution >= 0.6 is 0 Å². The number of amides is 1. The number of benzene rings is 1. The molecule has 0 bridgehead atoms. The van der Waals surface area contributed by atoms with Crippen molar-refractivity contribution in [2.24, 2.45) is 4.99 Å². The molecule has 1 aromatic rings. The van der Waals surface area contributed by atoms with Gasteiger partial charge in [0.2, 0.25) is 0 Å². The predicted octanol–water partition coefficient (Wildman–Crippen LogP) is 3.02. The Morgan fingerprint density at radius 3 is 2.77 bits per heavy atom. The third-order valence-corrected chi connectivity index (χ3v) is 3.43. The molecule has 1 aliphatic heterocycles. The van der Waals surface area contributed by atoms with E-state index < -0.39 is 0 Å². The number of aliphatic imine (C=N–C) groups is 1. The van der Waals surface area contributed by atoms with E-state index >= 15 is 0 Å². The van der Waals surface area contributed by atoms with Crippen molar-refractivity contribution in [3.05, 3.63) is 29.8 Å². The number of para-hydroxylation sites is 1. The van der Waals surface area contributed by atoms with E-state index in [4.69, 9.17) is 9.73 Å². The van der Waals surface area contributed by atoms with Crippen LogP contribution in [-0.4, -0.2) is 35.4 Å². The third-order valence-electron chi connectivity index (χ3n) is 3.43. The second-order valence-electron chi connectivity index (χ2n) is 6.05. The highest BCUT2D eigenvalue weighted by Gasteiger charge is 2.32. The fourth-order valence-corrected chi connectivity index (χ4v) is 2.56. The molecule has 0 saturated heterocycles. The Hall–Kier alpha value is -2.04. The van der Waals surface area contributed by atoms with E-state index in [0.717, 1.165) is 18.7 Å². The molecule has 0 spiro atoms. The highest BCUT2D eigenvalue weighted by Crippen LogP contribution is 2.22. The maximum Gasteiger partial charge on any atom is 0.273 e. The van der Waals surface area contributed by atoms with Gasteiger partial charge in [0.1, 0.15) is 11.6 Å². The molecule has 1 amide bonds. The SMILES string of the molecule is CCCC1=NC(C)(C)CN1NC(=O)c1ccccc1OCC. The Kier molecular flexibility index (Phi) is 5.06. The Morgan fingerprint density at radius 2 is 2.09 bits per heavy atom. The van der Waals surface area contributed by atoms with Crippen LogP contribution in [0.25, 0.3) is 0 Å². The van der Waals surface area contributed by atoms with Crippen molar-refractivity contribution < 1.29 is 9.53 Å². The smallest absolute Gasteiger partial charge is 0.273 e. The number of nitrogens with one attached hydrogen (secondary N) is 1. The van der Waals surface area contributed by atoms with Gasteiger partial charge in [-0.3, -0.25) is 20.2 Å². The molecule has 5 heteroatoms. The zero-order valence-electron chi connectivity index (χ0n) is 13.8. The minimum atomic E-state index is -0.169. The number of nitrogens with zero attached hydrogens (tertiary/aromatic N) is 2. The van der Waals surface area contributed by atoms with E-state index in [1.54, 1.807) is 6.07 Å². The van der Waals surface area contributed by atoms with E-state index in [2.05, 4.69) is 26.2 Å². The van der Waals surface area contributed by atoms with Gasteiger partial charge >= 0.3 is 0 Å². The average molecular weight is 303 g/mol. The number of rotatable bonds is 6. The summed E-state index contributed by atoms with van der Waals surface area (Å²) in [6.07, 6.45) is 1.85. The molecule has 1 aliphatic rings. The van der Waals surface area contributed by atoms with Gasteiger partial charge in [-0.25, -0.2) is 0 Å². The molecule has 22 heavy (non-hydrogen) atoms. The molecular formula is C17H25N3O2. The first kappa shape index (κ1) is 16.3. The summed E-state index contributed by atoms with van der Waals surface area (Å²) in [5.74, 6) is 1.38. The van der Waals surface area contributed by atoms with Crippen LogP contribution in [0.4, 0.5) is 0 Å². The van der Waals surface area contributed by atoms with Gasteiger partial charge < -0.3 is 4.74 Å². The number of ether oxygens (including phenoxy) is 1. The number of amidine groups is 1. The van der Waals surface area contributed by atoms with Gasteiger partial charge in [0.05, 0.1) is 24.3 Å². The van der Waals surface area contributed by atoms with Crippen molar-refractivity contribution >= 4 is 11.7 Å². The molecule has 1 N–H and O–H groups in total. The molecule has 0 aromatic heterocycles. The van der Waals surface area contributed by atoms with Gasteiger partial charge in [0.25, 0.3) is 5.91 Å². The first-order valence-electron chi connectivity index (χ1n) is 7.86. The van der Waals surface area contributed by atoms with Crippen LogP contribution in [0.2, 0.25) is 0 Å². The maximum absolute atomic E-state index is 12.6. The van der Waals surface area contributed by atoms with Crippen LogP contribution in [0.1, 0.15) is 50.9 Å². The summed E-state index contributed by atoms with van der Waals surface area (Å²) in [6, 6.07) is 7.29. The summed E-state index contributed by atoms with van der Waals surface area (Å²) >= 11 is 0. The van der Waals surface area contributed by atoms with Crippen molar-refractivity contribution in [2.45, 2.75) is 46.1 Å². The van der Waals surface area contributed by atoms with Crippen molar-refractivity contribution in [2.75, 3.05) is 13.2 Å². The highest BCUT2D eigenvalue weighted by molar-refractivity contribution is 5.98. The molecule has 1 heterocycles. The molecule has 5 nitrogen and oxygen atoms in total. The third kappa shape index (κ3) is 3.78. The normalized spacial score (nSPS) is 16.4. The van der Waals surface area contributed by atoms with Gasteiger partial charge in [-0.15, -0.1) is 0 Å². The molecule has 2 rings (SSSR count). The first-order valence-corrected chi connectivity index (χ1v) is 7.86. The molecular weight excluding hydrogens is 278 g/mol. The highest BCUT2D eigenvalue weighted by atomic mass is 16.5. The average Bonchev–Trinajstić information content (AvgIpc) is 2.74. The Labute approximate surface area is 132 Å². The second-order valence-corrected chi connectivity index (χ2v) is 6.05. The predicted molar refractivity (Wildman–Crippen MR) is 88.2 cm³/mol. The van der Waals surface area contributed by atoms with E-state index in [9.17, 15) is 4.79 Å². The van der Waals surface area contributed by atoms with E-state index in [1.807, 2.05) is 30.1 Å². The number of carbonyl (C=O) groups is 1. The van der Waals surface area contributed by atoms with E-state index in [1.165, 1.54) is 0 Å². The summed E-state index contributed by atoms with van der Waals surface area (Å²) in [4.78, 5) is 17.3. The standard InChI is InChI=1S/C17H25N3O2/c1-5-9-15-18-17(3,4)12-20(15)19-16(21)13-10-7-8-11-14(13)22-6-2/h7-8,10-11H,5-6,9,12H2,1-4H3,(H,19,21). The lowest BCUT2D eigenvalue weighted by atomic mass is 10.1. The summed E-state index contributed by atoms with van der Waals surface area (Å²) in [7, 11) is 0. The molecule has 0 fully saturated rings. The lowest BCUT2D eigenvalue weighted by Gasteiger charge is -2.23. The number of carbonyl (C=O) groups excluding carboxylic acids is 1. The van der Waals surface area contributed by atoms with Crippen LogP contribution in [0, 0.1) is 0 Å². The van der Waals surface area contributed by atoms with Gasteiger partial charge in [-0.2, -0.15) is 0 Å².